The quantitative estimate of drug-likeness (QED) is 0.887. The Bertz CT molecular complexity index is 661. The maximum atomic E-state index is 13.1. The van der Waals surface area contributed by atoms with Crippen molar-refractivity contribution < 1.29 is 9.18 Å². The van der Waals surface area contributed by atoms with Crippen molar-refractivity contribution in [3.05, 3.63) is 53.6 Å². The van der Waals surface area contributed by atoms with Gasteiger partial charge in [0, 0.05) is 18.8 Å². The lowest BCUT2D eigenvalue weighted by molar-refractivity contribution is 0.0944. The van der Waals surface area contributed by atoms with Gasteiger partial charge in [0.1, 0.15) is 11.5 Å². The van der Waals surface area contributed by atoms with Crippen molar-refractivity contribution >= 4 is 11.6 Å². The summed E-state index contributed by atoms with van der Waals surface area (Å²) in [5, 5.41) is 2.87. The van der Waals surface area contributed by atoms with Gasteiger partial charge in [-0.25, -0.2) is 4.39 Å². The number of hydrogen-bond acceptors (Lipinski definition) is 2. The van der Waals surface area contributed by atoms with Gasteiger partial charge in [0.2, 0.25) is 0 Å². The van der Waals surface area contributed by atoms with E-state index in [0.29, 0.717) is 30.4 Å². The molecule has 1 saturated carbocycles. The fraction of sp³-hybridized carbons (Fsp3) is 0.312. The van der Waals surface area contributed by atoms with Crippen molar-refractivity contribution in [3.8, 4) is 0 Å². The number of nitrogens with zero attached hydrogens (tertiary/aromatic N) is 1. The zero-order chi connectivity index (χ0) is 14.8. The van der Waals surface area contributed by atoms with Crippen LogP contribution in [0, 0.1) is 5.82 Å². The summed E-state index contributed by atoms with van der Waals surface area (Å²) in [7, 11) is 0. The molecule has 1 aromatic carbocycles. The van der Waals surface area contributed by atoms with Crippen LogP contribution in [0.2, 0.25) is 0 Å². The van der Waals surface area contributed by atoms with Crippen LogP contribution in [0.15, 0.2) is 36.5 Å². The molecule has 1 fully saturated rings. The van der Waals surface area contributed by atoms with Crippen molar-refractivity contribution in [2.24, 2.45) is 0 Å². The molecule has 0 radical (unpaired) electrons. The average Bonchev–Trinajstić information content (AvgIpc) is 3.21. The van der Waals surface area contributed by atoms with E-state index in [1.165, 1.54) is 12.1 Å². The molecule has 2 aromatic rings. The smallest absolute Gasteiger partial charge is 0.268 e. The normalized spacial score (nSPS) is 14.1. The number of nitrogen functional groups attached to an aromatic ring is 1. The Hall–Kier alpha value is -2.30. The monoisotopic (exact) mass is 287 g/mol. The molecule has 0 spiro atoms. The summed E-state index contributed by atoms with van der Waals surface area (Å²) >= 11 is 0. The molecule has 21 heavy (non-hydrogen) atoms. The van der Waals surface area contributed by atoms with Crippen molar-refractivity contribution in [1.29, 1.82) is 0 Å². The zero-order valence-electron chi connectivity index (χ0n) is 11.7. The third kappa shape index (κ3) is 3.24. The molecule has 3 rings (SSSR count). The van der Waals surface area contributed by atoms with E-state index in [0.717, 1.165) is 18.4 Å². The van der Waals surface area contributed by atoms with E-state index in [9.17, 15) is 9.18 Å². The van der Waals surface area contributed by atoms with Gasteiger partial charge in [0.05, 0.1) is 5.69 Å². The Morgan fingerprint density at radius 3 is 2.90 bits per heavy atom. The van der Waals surface area contributed by atoms with Gasteiger partial charge in [-0.1, -0.05) is 12.1 Å². The molecule has 1 heterocycles. The molecule has 1 aliphatic carbocycles. The molecule has 1 aromatic heterocycles. The molecular formula is C16H18FN3O. The van der Waals surface area contributed by atoms with Gasteiger partial charge in [0.15, 0.2) is 0 Å². The molecule has 110 valence electrons. The highest BCUT2D eigenvalue weighted by atomic mass is 19.1. The Balaban J connectivity index is 1.59. The predicted octanol–water partition coefficient (Wildman–Crippen LogP) is 2.52. The minimum atomic E-state index is -0.255. The molecule has 5 heteroatoms. The van der Waals surface area contributed by atoms with Gasteiger partial charge in [-0.2, -0.15) is 0 Å². The fourth-order valence-electron chi connectivity index (χ4n) is 2.44. The molecular weight excluding hydrogens is 269 g/mol. The number of carbonyl (C=O) groups is 1. The highest BCUT2D eigenvalue weighted by Gasteiger charge is 2.27. The first kappa shape index (κ1) is 13.7. The second-order valence-corrected chi connectivity index (χ2v) is 5.43. The predicted molar refractivity (Wildman–Crippen MR) is 79.6 cm³/mol. The Morgan fingerprint density at radius 1 is 1.38 bits per heavy atom. The Morgan fingerprint density at radius 2 is 2.19 bits per heavy atom. The molecule has 1 aliphatic rings. The second-order valence-electron chi connectivity index (χ2n) is 5.43. The number of halogens is 1. The van der Waals surface area contributed by atoms with Crippen LogP contribution in [0.5, 0.6) is 0 Å². The lowest BCUT2D eigenvalue weighted by Crippen LogP contribution is -2.27. The van der Waals surface area contributed by atoms with Crippen LogP contribution in [0.25, 0.3) is 0 Å². The zero-order valence-corrected chi connectivity index (χ0v) is 11.7. The summed E-state index contributed by atoms with van der Waals surface area (Å²) in [6, 6.07) is 8.53. The van der Waals surface area contributed by atoms with Crippen LogP contribution in [-0.4, -0.2) is 17.0 Å². The number of aromatic nitrogens is 1. The third-order valence-corrected chi connectivity index (χ3v) is 3.63. The van der Waals surface area contributed by atoms with E-state index in [1.807, 2.05) is 16.8 Å². The summed E-state index contributed by atoms with van der Waals surface area (Å²) in [4.78, 5) is 12.2. The number of nitrogens with two attached hydrogens (primary N) is 1. The minimum absolute atomic E-state index is 0.130. The summed E-state index contributed by atoms with van der Waals surface area (Å²) < 4.78 is 15.0. The molecule has 3 N–H and O–H groups in total. The van der Waals surface area contributed by atoms with Crippen LogP contribution < -0.4 is 11.1 Å². The van der Waals surface area contributed by atoms with Crippen LogP contribution in [0.1, 0.15) is 34.9 Å². The molecule has 0 atom stereocenters. The summed E-state index contributed by atoms with van der Waals surface area (Å²) in [6.07, 6.45) is 4.61. The van der Waals surface area contributed by atoms with Gasteiger partial charge in [-0.05, 0) is 43.0 Å². The first-order chi connectivity index (χ1) is 10.1. The van der Waals surface area contributed by atoms with E-state index >= 15 is 0 Å². The number of rotatable bonds is 5. The second kappa shape index (κ2) is 5.60. The topological polar surface area (TPSA) is 60.1 Å². The molecule has 4 nitrogen and oxygen atoms in total. The summed E-state index contributed by atoms with van der Waals surface area (Å²) in [5.41, 5.74) is 7.86. The first-order valence-electron chi connectivity index (χ1n) is 7.13. The van der Waals surface area contributed by atoms with Gasteiger partial charge in [-0.3, -0.25) is 4.79 Å². The van der Waals surface area contributed by atoms with Gasteiger partial charge in [-0.15, -0.1) is 0 Å². The van der Waals surface area contributed by atoms with Crippen molar-refractivity contribution in [2.45, 2.75) is 25.3 Å². The maximum absolute atomic E-state index is 13.1. The summed E-state index contributed by atoms with van der Waals surface area (Å²) in [5.74, 6) is -0.385. The highest BCUT2D eigenvalue weighted by molar-refractivity contribution is 5.93. The average molecular weight is 287 g/mol. The van der Waals surface area contributed by atoms with E-state index in [4.69, 9.17) is 5.73 Å². The molecule has 1 amide bonds. The highest BCUT2D eigenvalue weighted by Crippen LogP contribution is 2.37. The van der Waals surface area contributed by atoms with E-state index in [2.05, 4.69) is 5.32 Å². The van der Waals surface area contributed by atoms with Crippen LogP contribution in [-0.2, 0) is 6.42 Å². The fourth-order valence-corrected chi connectivity index (χ4v) is 2.44. The minimum Gasteiger partial charge on any atom is -0.397 e. The van der Waals surface area contributed by atoms with E-state index < -0.39 is 0 Å². The number of benzene rings is 1. The largest absolute Gasteiger partial charge is 0.397 e. The molecule has 0 unspecified atom stereocenters. The molecule has 0 bridgehead atoms. The van der Waals surface area contributed by atoms with E-state index in [1.54, 1.807) is 12.1 Å². The number of carbonyl (C=O) groups excluding carboxylic acids is 1. The van der Waals surface area contributed by atoms with Gasteiger partial charge >= 0.3 is 0 Å². The van der Waals surface area contributed by atoms with Crippen LogP contribution in [0.4, 0.5) is 10.1 Å². The number of amides is 1. The number of anilines is 1. The van der Waals surface area contributed by atoms with Crippen molar-refractivity contribution in [3.63, 3.8) is 0 Å². The van der Waals surface area contributed by atoms with Crippen LogP contribution in [0.3, 0.4) is 0 Å². The Kier molecular flexibility index (Phi) is 3.64. The van der Waals surface area contributed by atoms with Crippen LogP contribution >= 0.6 is 0 Å². The third-order valence-electron chi connectivity index (χ3n) is 3.63. The first-order valence-corrected chi connectivity index (χ1v) is 7.13. The van der Waals surface area contributed by atoms with Crippen molar-refractivity contribution in [2.75, 3.05) is 12.3 Å². The summed E-state index contributed by atoms with van der Waals surface area (Å²) in [6.45, 7) is 0.470. The van der Waals surface area contributed by atoms with Gasteiger partial charge < -0.3 is 15.6 Å². The molecule has 0 saturated heterocycles. The van der Waals surface area contributed by atoms with Gasteiger partial charge in [0.25, 0.3) is 5.91 Å². The maximum Gasteiger partial charge on any atom is 0.268 e. The SMILES string of the molecule is Nc1cc(C(=O)NCCc2cccc(F)c2)n(C2CC2)c1. The molecule has 0 aliphatic heterocycles. The van der Waals surface area contributed by atoms with E-state index in [-0.39, 0.29) is 11.7 Å². The van der Waals surface area contributed by atoms with Crippen molar-refractivity contribution in [1.82, 2.24) is 9.88 Å². The standard InChI is InChI=1S/C16H18FN3O/c17-12-3-1-2-11(8-12)6-7-19-16(21)15-9-13(18)10-20(15)14-4-5-14/h1-3,8-10,14H,4-7,18H2,(H,19,21). The Labute approximate surface area is 122 Å². The lowest BCUT2D eigenvalue weighted by Gasteiger charge is -2.08. The lowest BCUT2D eigenvalue weighted by atomic mass is 10.1. The number of nitrogens with one attached hydrogen (secondary N) is 1. The number of hydrogen-bond donors (Lipinski definition) is 2.